The van der Waals surface area contributed by atoms with E-state index >= 15 is 0 Å². The Kier molecular flexibility index (Phi) is 5.46. The van der Waals surface area contributed by atoms with Crippen LogP contribution in [-0.4, -0.2) is 36.9 Å². The molecule has 5 rings (SSSR count). The van der Waals surface area contributed by atoms with Crippen LogP contribution in [0.25, 0.3) is 21.9 Å². The third-order valence-corrected chi connectivity index (χ3v) is 6.13. The quantitative estimate of drug-likeness (QED) is 0.466. The van der Waals surface area contributed by atoms with Crippen LogP contribution in [0.5, 0.6) is 5.75 Å². The number of nitrogens with zero attached hydrogens (tertiary/aromatic N) is 1. The fourth-order valence-corrected chi connectivity index (χ4v) is 4.40. The molecular formula is C26H23FN2O4. The Morgan fingerprint density at radius 1 is 1.06 bits per heavy atom. The number of piperidine rings is 1. The van der Waals surface area contributed by atoms with Gasteiger partial charge in [-0.1, -0.05) is 18.2 Å². The summed E-state index contributed by atoms with van der Waals surface area (Å²) in [5, 5.41) is 4.85. The third kappa shape index (κ3) is 4.02. The smallest absolute Gasteiger partial charge is 0.253 e. The fraction of sp³-hybridized carbons (Fsp3) is 0.231. The Bertz CT molecular complexity index is 1350. The van der Waals surface area contributed by atoms with Gasteiger partial charge in [-0.15, -0.1) is 0 Å². The summed E-state index contributed by atoms with van der Waals surface area (Å²) in [5.41, 5.74) is 2.36. The van der Waals surface area contributed by atoms with Gasteiger partial charge in [-0.3, -0.25) is 9.59 Å². The van der Waals surface area contributed by atoms with Crippen molar-refractivity contribution in [2.45, 2.75) is 12.8 Å². The van der Waals surface area contributed by atoms with E-state index in [4.69, 9.17) is 9.15 Å². The van der Waals surface area contributed by atoms with Gasteiger partial charge < -0.3 is 19.4 Å². The molecule has 0 saturated carbocycles. The Labute approximate surface area is 189 Å². The number of furan rings is 1. The molecule has 0 spiro atoms. The highest BCUT2D eigenvalue weighted by Crippen LogP contribution is 2.36. The highest BCUT2D eigenvalue weighted by Gasteiger charge is 2.29. The zero-order chi connectivity index (χ0) is 22.9. The summed E-state index contributed by atoms with van der Waals surface area (Å²) in [6.45, 7) is 0.867. The molecule has 1 atom stereocenters. The summed E-state index contributed by atoms with van der Waals surface area (Å²) in [4.78, 5) is 27.6. The van der Waals surface area contributed by atoms with E-state index in [2.05, 4.69) is 5.32 Å². The first-order valence-corrected chi connectivity index (χ1v) is 10.9. The lowest BCUT2D eigenvalue weighted by Crippen LogP contribution is -2.43. The molecule has 1 fully saturated rings. The number of benzene rings is 3. The van der Waals surface area contributed by atoms with E-state index in [-0.39, 0.29) is 17.7 Å². The second kappa shape index (κ2) is 8.58. The Morgan fingerprint density at radius 3 is 2.64 bits per heavy atom. The van der Waals surface area contributed by atoms with Crippen LogP contribution in [0.2, 0.25) is 0 Å². The van der Waals surface area contributed by atoms with Crippen LogP contribution < -0.4 is 10.1 Å². The number of nitrogens with one attached hydrogen (secondary N) is 1. The predicted octanol–water partition coefficient (Wildman–Crippen LogP) is 5.22. The van der Waals surface area contributed by atoms with Crippen molar-refractivity contribution in [3.05, 3.63) is 72.0 Å². The SMILES string of the molecule is COc1cc2c(cc1NC(=O)C1CCCN(C(=O)c3ccc(F)cc3)C1)oc1ccccc12. The molecule has 0 radical (unpaired) electrons. The molecule has 6 nitrogen and oxygen atoms in total. The molecule has 1 saturated heterocycles. The summed E-state index contributed by atoms with van der Waals surface area (Å²) < 4.78 is 24.7. The van der Waals surface area contributed by atoms with Gasteiger partial charge in [-0.2, -0.15) is 0 Å². The third-order valence-electron chi connectivity index (χ3n) is 6.13. The molecule has 1 aliphatic rings. The maximum atomic E-state index is 13.2. The van der Waals surface area contributed by atoms with E-state index in [1.165, 1.54) is 24.3 Å². The highest BCUT2D eigenvalue weighted by molar-refractivity contribution is 6.08. The second-order valence-corrected chi connectivity index (χ2v) is 8.23. The largest absolute Gasteiger partial charge is 0.495 e. The lowest BCUT2D eigenvalue weighted by molar-refractivity contribution is -0.121. The van der Waals surface area contributed by atoms with Crippen molar-refractivity contribution in [3.63, 3.8) is 0 Å². The fourth-order valence-electron chi connectivity index (χ4n) is 4.40. The van der Waals surface area contributed by atoms with Crippen LogP contribution in [0.15, 0.2) is 65.1 Å². The van der Waals surface area contributed by atoms with Gasteiger partial charge in [0.1, 0.15) is 22.7 Å². The first-order chi connectivity index (χ1) is 16.0. The van der Waals surface area contributed by atoms with E-state index in [9.17, 15) is 14.0 Å². The van der Waals surface area contributed by atoms with Crippen molar-refractivity contribution in [1.82, 2.24) is 4.90 Å². The molecule has 1 N–H and O–H groups in total. The minimum Gasteiger partial charge on any atom is -0.495 e. The van der Waals surface area contributed by atoms with Gasteiger partial charge in [0.15, 0.2) is 0 Å². The molecule has 0 aliphatic carbocycles. The summed E-state index contributed by atoms with van der Waals surface area (Å²) in [6.07, 6.45) is 1.39. The van der Waals surface area contributed by atoms with Crippen LogP contribution in [0.3, 0.4) is 0 Å². The maximum Gasteiger partial charge on any atom is 0.253 e. The molecule has 1 aliphatic heterocycles. The number of amides is 2. The van der Waals surface area contributed by atoms with Gasteiger partial charge in [0.25, 0.3) is 5.91 Å². The monoisotopic (exact) mass is 446 g/mol. The molecule has 4 aromatic rings. The van der Waals surface area contributed by atoms with E-state index in [0.717, 1.165) is 16.4 Å². The molecule has 0 bridgehead atoms. The molecule has 168 valence electrons. The zero-order valence-electron chi connectivity index (χ0n) is 18.1. The summed E-state index contributed by atoms with van der Waals surface area (Å²) in [5.74, 6) is -0.594. The Morgan fingerprint density at radius 2 is 1.85 bits per heavy atom. The van der Waals surface area contributed by atoms with Crippen molar-refractivity contribution in [2.24, 2.45) is 5.92 Å². The lowest BCUT2D eigenvalue weighted by Gasteiger charge is -2.32. The Balaban J connectivity index is 1.35. The van der Waals surface area contributed by atoms with Gasteiger partial charge >= 0.3 is 0 Å². The average Bonchev–Trinajstić information content (AvgIpc) is 3.21. The van der Waals surface area contributed by atoms with Gasteiger partial charge in [-0.05, 0) is 49.2 Å². The topological polar surface area (TPSA) is 71.8 Å². The number of rotatable bonds is 4. The molecule has 33 heavy (non-hydrogen) atoms. The number of halogens is 1. The van der Waals surface area contributed by atoms with Crippen LogP contribution in [0, 0.1) is 11.7 Å². The van der Waals surface area contributed by atoms with Crippen molar-refractivity contribution in [3.8, 4) is 5.75 Å². The van der Waals surface area contributed by atoms with Crippen molar-refractivity contribution >= 4 is 39.4 Å². The number of carbonyl (C=O) groups excluding carboxylic acids is 2. The molecule has 7 heteroatoms. The molecule has 2 amide bonds. The first kappa shape index (κ1) is 21.0. The van der Waals surface area contributed by atoms with Gasteiger partial charge in [0, 0.05) is 35.5 Å². The minimum absolute atomic E-state index is 0.180. The van der Waals surface area contributed by atoms with Crippen molar-refractivity contribution < 1.29 is 23.1 Å². The van der Waals surface area contributed by atoms with Crippen molar-refractivity contribution in [1.29, 1.82) is 0 Å². The summed E-state index contributed by atoms with van der Waals surface area (Å²) in [7, 11) is 1.56. The number of hydrogen-bond acceptors (Lipinski definition) is 4. The summed E-state index contributed by atoms with van der Waals surface area (Å²) in [6, 6.07) is 16.8. The van der Waals surface area contributed by atoms with Gasteiger partial charge in [0.05, 0.1) is 18.7 Å². The number of carbonyl (C=O) groups is 2. The Hall–Kier alpha value is -3.87. The zero-order valence-corrected chi connectivity index (χ0v) is 18.1. The van der Waals surface area contributed by atoms with Gasteiger partial charge in [-0.25, -0.2) is 4.39 Å². The van der Waals surface area contributed by atoms with Crippen LogP contribution in [0.4, 0.5) is 10.1 Å². The van der Waals surface area contributed by atoms with Gasteiger partial charge in [0.2, 0.25) is 5.91 Å². The number of anilines is 1. The molecule has 3 aromatic carbocycles. The second-order valence-electron chi connectivity index (χ2n) is 8.23. The number of hydrogen-bond donors (Lipinski definition) is 1. The number of methoxy groups -OCH3 is 1. The molecule has 2 heterocycles. The predicted molar refractivity (Wildman–Crippen MR) is 124 cm³/mol. The minimum atomic E-state index is -0.391. The standard InChI is InChI=1S/C26H23FN2O4/c1-32-24-13-20-19-6-2-3-7-22(19)33-23(20)14-21(24)28-25(30)17-5-4-12-29(15-17)26(31)16-8-10-18(27)11-9-16/h2-3,6-11,13-14,17H,4-5,12,15H2,1H3,(H,28,30). The highest BCUT2D eigenvalue weighted by atomic mass is 19.1. The molecular weight excluding hydrogens is 423 g/mol. The first-order valence-electron chi connectivity index (χ1n) is 10.9. The van der Waals surface area contributed by atoms with Crippen molar-refractivity contribution in [2.75, 3.05) is 25.5 Å². The van der Waals surface area contributed by atoms with E-state index in [1.54, 1.807) is 18.1 Å². The molecule has 1 aromatic heterocycles. The number of likely N-dealkylation sites (tertiary alicyclic amines) is 1. The van der Waals surface area contributed by atoms with Crippen LogP contribution in [-0.2, 0) is 4.79 Å². The number of ether oxygens (including phenoxy) is 1. The normalized spacial score (nSPS) is 16.2. The average molecular weight is 446 g/mol. The summed E-state index contributed by atoms with van der Waals surface area (Å²) >= 11 is 0. The van der Waals surface area contributed by atoms with Crippen LogP contribution in [0.1, 0.15) is 23.2 Å². The van der Waals surface area contributed by atoms with E-state index < -0.39 is 5.82 Å². The maximum absolute atomic E-state index is 13.2. The molecule has 1 unspecified atom stereocenters. The van der Waals surface area contributed by atoms with E-state index in [1.807, 2.05) is 30.3 Å². The van der Waals surface area contributed by atoms with Crippen LogP contribution >= 0.6 is 0 Å². The van der Waals surface area contributed by atoms with E-state index in [0.29, 0.717) is 48.5 Å². The number of para-hydroxylation sites is 1. The lowest BCUT2D eigenvalue weighted by atomic mass is 9.96. The number of fused-ring (bicyclic) bond motifs is 3.